The highest BCUT2D eigenvalue weighted by atomic mass is 19.1. The minimum absolute atomic E-state index is 0.00422. The molecule has 1 aliphatic carbocycles. The van der Waals surface area contributed by atoms with Gasteiger partial charge in [0.1, 0.15) is 6.17 Å². The van der Waals surface area contributed by atoms with Crippen LogP contribution in [0.15, 0.2) is 6.20 Å². The van der Waals surface area contributed by atoms with Crippen LogP contribution in [0.1, 0.15) is 56.4 Å². The Morgan fingerprint density at radius 2 is 2.08 bits per heavy atom. The van der Waals surface area contributed by atoms with Gasteiger partial charge in [-0.15, -0.1) is 5.10 Å². The number of hydrogen-bond donors (Lipinski definition) is 2. The number of nitrogens with one attached hydrogen (secondary N) is 2. The van der Waals surface area contributed by atoms with E-state index in [1.165, 1.54) is 10.9 Å². The third-order valence-electron chi connectivity index (χ3n) is 4.90. The quantitative estimate of drug-likeness (QED) is 0.826. The zero-order valence-corrected chi connectivity index (χ0v) is 15.3. The molecule has 2 atom stereocenters. The van der Waals surface area contributed by atoms with Gasteiger partial charge in [-0.3, -0.25) is 4.79 Å². The summed E-state index contributed by atoms with van der Waals surface area (Å²) in [7, 11) is 0. The highest BCUT2D eigenvalue weighted by Gasteiger charge is 2.36. The Labute approximate surface area is 152 Å². The van der Waals surface area contributed by atoms with Gasteiger partial charge in [0.05, 0.1) is 25.3 Å². The summed E-state index contributed by atoms with van der Waals surface area (Å²) in [6.07, 6.45) is 4.99. The molecule has 3 amide bonds. The van der Waals surface area contributed by atoms with Crippen LogP contribution in [0.5, 0.6) is 0 Å². The number of amides is 3. The molecule has 26 heavy (non-hydrogen) atoms. The van der Waals surface area contributed by atoms with Gasteiger partial charge in [-0.2, -0.15) is 0 Å². The Morgan fingerprint density at radius 1 is 1.35 bits per heavy atom. The van der Waals surface area contributed by atoms with E-state index in [-0.39, 0.29) is 48.7 Å². The maximum atomic E-state index is 13.9. The van der Waals surface area contributed by atoms with Gasteiger partial charge in [-0.05, 0) is 26.7 Å². The van der Waals surface area contributed by atoms with Crippen LogP contribution in [-0.2, 0) is 6.54 Å². The molecule has 1 saturated carbocycles. The van der Waals surface area contributed by atoms with Gasteiger partial charge >= 0.3 is 6.03 Å². The van der Waals surface area contributed by atoms with Crippen molar-refractivity contribution in [3.8, 4) is 0 Å². The van der Waals surface area contributed by atoms with Crippen molar-refractivity contribution in [1.29, 1.82) is 0 Å². The lowest BCUT2D eigenvalue weighted by Crippen LogP contribution is -2.47. The van der Waals surface area contributed by atoms with Crippen LogP contribution in [-0.4, -0.2) is 62.7 Å². The van der Waals surface area contributed by atoms with Crippen molar-refractivity contribution in [2.75, 3.05) is 6.54 Å². The molecule has 144 valence electrons. The predicted molar refractivity (Wildman–Crippen MR) is 93.4 cm³/mol. The monoisotopic (exact) mass is 366 g/mol. The number of urea groups is 1. The number of hydrogen-bond acceptors (Lipinski definition) is 4. The van der Waals surface area contributed by atoms with E-state index in [2.05, 4.69) is 20.9 Å². The molecule has 1 aromatic rings. The second-order valence-corrected chi connectivity index (χ2v) is 7.52. The highest BCUT2D eigenvalue weighted by molar-refractivity contribution is 5.91. The number of rotatable bonds is 5. The fraction of sp³-hybridized carbons (Fsp3) is 0.765. The van der Waals surface area contributed by atoms with Crippen molar-refractivity contribution in [2.45, 2.75) is 76.8 Å². The fourth-order valence-corrected chi connectivity index (χ4v) is 3.65. The largest absolute Gasteiger partial charge is 0.348 e. The number of alkyl halides is 1. The highest BCUT2D eigenvalue weighted by Crippen LogP contribution is 2.23. The van der Waals surface area contributed by atoms with Gasteiger partial charge in [0.2, 0.25) is 0 Å². The second-order valence-electron chi connectivity index (χ2n) is 7.52. The maximum absolute atomic E-state index is 13.9. The van der Waals surface area contributed by atoms with Gasteiger partial charge < -0.3 is 15.5 Å². The first-order chi connectivity index (χ1) is 12.4. The molecule has 1 saturated heterocycles. The van der Waals surface area contributed by atoms with E-state index in [9.17, 15) is 14.0 Å². The normalized spacial score (nSPS) is 23.6. The first-order valence-corrected chi connectivity index (χ1v) is 9.34. The van der Waals surface area contributed by atoms with Crippen LogP contribution in [0, 0.1) is 0 Å². The van der Waals surface area contributed by atoms with Crippen molar-refractivity contribution in [1.82, 2.24) is 30.5 Å². The zero-order valence-electron chi connectivity index (χ0n) is 15.3. The van der Waals surface area contributed by atoms with E-state index >= 15 is 0 Å². The van der Waals surface area contributed by atoms with E-state index < -0.39 is 6.17 Å². The second kappa shape index (κ2) is 8.01. The number of carbonyl (C=O) groups is 2. The number of likely N-dealkylation sites (tertiary alicyclic amines) is 1. The first-order valence-electron chi connectivity index (χ1n) is 9.34. The summed E-state index contributed by atoms with van der Waals surface area (Å²) in [6.45, 7) is 4.14. The molecule has 2 heterocycles. The molecule has 0 radical (unpaired) electrons. The van der Waals surface area contributed by atoms with E-state index in [0.29, 0.717) is 6.54 Å². The summed E-state index contributed by atoms with van der Waals surface area (Å²) in [6, 6.07) is -0.307. The molecule has 0 unspecified atom stereocenters. The summed E-state index contributed by atoms with van der Waals surface area (Å²) in [5.74, 6) is -0.295. The van der Waals surface area contributed by atoms with Crippen LogP contribution in [0.25, 0.3) is 0 Å². The van der Waals surface area contributed by atoms with E-state index in [4.69, 9.17) is 0 Å². The Bertz CT molecular complexity index is 643. The third-order valence-corrected chi connectivity index (χ3v) is 4.90. The van der Waals surface area contributed by atoms with E-state index in [0.717, 1.165) is 25.7 Å². The third kappa shape index (κ3) is 4.50. The Morgan fingerprint density at radius 3 is 2.77 bits per heavy atom. The maximum Gasteiger partial charge on any atom is 0.318 e. The molecular weight excluding hydrogens is 339 g/mol. The van der Waals surface area contributed by atoms with Crippen LogP contribution in [0.2, 0.25) is 0 Å². The number of aromatic nitrogens is 3. The minimum atomic E-state index is -1.04. The van der Waals surface area contributed by atoms with Gasteiger partial charge in [0.15, 0.2) is 5.69 Å². The van der Waals surface area contributed by atoms with Crippen molar-refractivity contribution in [3.05, 3.63) is 11.9 Å². The molecule has 0 aromatic carbocycles. The van der Waals surface area contributed by atoms with Gasteiger partial charge in [-0.25, -0.2) is 13.9 Å². The molecule has 3 rings (SSSR count). The van der Waals surface area contributed by atoms with Crippen molar-refractivity contribution >= 4 is 11.9 Å². The van der Waals surface area contributed by atoms with E-state index in [1.54, 1.807) is 4.90 Å². The molecule has 0 bridgehead atoms. The molecule has 0 spiro atoms. The van der Waals surface area contributed by atoms with Crippen molar-refractivity contribution in [3.63, 3.8) is 0 Å². The molecule has 2 fully saturated rings. The van der Waals surface area contributed by atoms with Crippen LogP contribution in [0.4, 0.5) is 9.18 Å². The number of carbonyl (C=O) groups excluding carboxylic acids is 2. The molecule has 8 nitrogen and oxygen atoms in total. The molecule has 9 heteroatoms. The van der Waals surface area contributed by atoms with E-state index in [1.807, 2.05) is 13.8 Å². The lowest BCUT2D eigenvalue weighted by Gasteiger charge is -2.26. The number of nitrogens with zero attached hydrogens (tertiary/aromatic N) is 4. The predicted octanol–water partition coefficient (Wildman–Crippen LogP) is 1.48. The van der Waals surface area contributed by atoms with Gasteiger partial charge in [-0.1, -0.05) is 18.1 Å². The molecule has 1 aliphatic heterocycles. The average Bonchev–Trinajstić information content (AvgIpc) is 3.28. The van der Waals surface area contributed by atoms with Crippen LogP contribution in [0.3, 0.4) is 0 Å². The van der Waals surface area contributed by atoms with Crippen LogP contribution >= 0.6 is 0 Å². The van der Waals surface area contributed by atoms with Crippen molar-refractivity contribution < 1.29 is 14.0 Å². The summed E-state index contributed by atoms with van der Waals surface area (Å²) < 4.78 is 15.5. The SMILES string of the molecule is CC(C)NC(=O)c1cn(C[C@@H]2C[C@H](F)CN2C(=O)NC2CCCC2)nn1. The molecule has 2 aliphatic rings. The summed E-state index contributed by atoms with van der Waals surface area (Å²) in [4.78, 5) is 26.0. The summed E-state index contributed by atoms with van der Waals surface area (Å²) >= 11 is 0. The number of halogens is 1. The van der Waals surface area contributed by atoms with Gasteiger partial charge in [0.25, 0.3) is 5.91 Å². The Balaban J connectivity index is 1.61. The van der Waals surface area contributed by atoms with Crippen molar-refractivity contribution in [2.24, 2.45) is 0 Å². The standard InChI is InChI=1S/C17H27FN6O2/c1-11(2)19-16(25)15-10-23(22-21-15)9-14-7-12(18)8-24(14)17(26)20-13-5-3-4-6-13/h10-14H,3-9H2,1-2H3,(H,19,25)(H,20,26)/t12-,14-/m0/s1. The summed E-state index contributed by atoms with van der Waals surface area (Å²) in [5.41, 5.74) is 0.218. The van der Waals surface area contributed by atoms with Gasteiger partial charge in [0, 0.05) is 18.5 Å². The smallest absolute Gasteiger partial charge is 0.318 e. The Hall–Kier alpha value is -2.19. The zero-order chi connectivity index (χ0) is 18.7. The fourth-order valence-electron chi connectivity index (χ4n) is 3.65. The summed E-state index contributed by atoms with van der Waals surface area (Å²) in [5, 5.41) is 13.6. The molecular formula is C17H27FN6O2. The minimum Gasteiger partial charge on any atom is -0.348 e. The lowest BCUT2D eigenvalue weighted by atomic mass is 10.2. The molecule has 2 N–H and O–H groups in total. The Kier molecular flexibility index (Phi) is 5.73. The average molecular weight is 366 g/mol. The lowest BCUT2D eigenvalue weighted by molar-refractivity contribution is 0.0938. The topological polar surface area (TPSA) is 92.2 Å². The first kappa shape index (κ1) is 18.6. The van der Waals surface area contributed by atoms with Crippen LogP contribution < -0.4 is 10.6 Å². The molecule has 1 aromatic heterocycles.